The average Bonchev–Trinajstić information content (AvgIpc) is 1.98. The Labute approximate surface area is 75.0 Å². The summed E-state index contributed by atoms with van der Waals surface area (Å²) in [5, 5.41) is 7.28. The molecule has 0 aliphatic rings. The summed E-state index contributed by atoms with van der Waals surface area (Å²) in [6, 6.07) is 0. The molecule has 0 aromatic carbocycles. The van der Waals surface area contributed by atoms with Gasteiger partial charge in [0.25, 0.3) is 0 Å². The standard InChI is InChI=1S/C6H10O5S/c1-2-10-11-6(9)4(12)3-5(7)8/h4,12H,2-3H2,1H3,(H,7,8). The number of carbonyl (C=O) groups is 2. The maximum Gasteiger partial charge on any atom is 0.355 e. The van der Waals surface area contributed by atoms with Crippen LogP contribution in [0.25, 0.3) is 0 Å². The molecule has 1 unspecified atom stereocenters. The van der Waals surface area contributed by atoms with Gasteiger partial charge in [0.2, 0.25) is 0 Å². The number of aliphatic carboxylic acids is 1. The number of hydrogen-bond donors (Lipinski definition) is 2. The lowest BCUT2D eigenvalue weighted by Gasteiger charge is -2.05. The van der Waals surface area contributed by atoms with Crippen molar-refractivity contribution in [1.29, 1.82) is 0 Å². The molecule has 5 nitrogen and oxygen atoms in total. The maximum atomic E-state index is 10.8. The quantitative estimate of drug-likeness (QED) is 0.373. The van der Waals surface area contributed by atoms with E-state index in [1.54, 1.807) is 6.92 Å². The molecular formula is C6H10O5S. The third-order valence-electron chi connectivity index (χ3n) is 0.899. The van der Waals surface area contributed by atoms with E-state index in [9.17, 15) is 9.59 Å². The fourth-order valence-corrected chi connectivity index (χ4v) is 0.620. The van der Waals surface area contributed by atoms with Crippen LogP contribution in [0, 0.1) is 0 Å². The van der Waals surface area contributed by atoms with Crippen LogP contribution in [-0.2, 0) is 19.4 Å². The molecule has 12 heavy (non-hydrogen) atoms. The van der Waals surface area contributed by atoms with E-state index in [4.69, 9.17) is 5.11 Å². The van der Waals surface area contributed by atoms with E-state index in [-0.39, 0.29) is 13.0 Å². The van der Waals surface area contributed by atoms with Gasteiger partial charge in [-0.2, -0.15) is 17.5 Å². The zero-order valence-corrected chi connectivity index (χ0v) is 7.41. The number of carboxylic acid groups (broad SMARTS) is 1. The van der Waals surface area contributed by atoms with Crippen LogP contribution in [0.5, 0.6) is 0 Å². The molecule has 0 bridgehead atoms. The molecule has 0 aromatic rings. The van der Waals surface area contributed by atoms with Crippen molar-refractivity contribution >= 4 is 24.6 Å². The van der Waals surface area contributed by atoms with Crippen molar-refractivity contribution in [2.75, 3.05) is 6.61 Å². The molecule has 1 N–H and O–H groups in total. The van der Waals surface area contributed by atoms with Gasteiger partial charge in [-0.1, -0.05) is 0 Å². The normalized spacial score (nSPS) is 12.2. The summed E-state index contributed by atoms with van der Waals surface area (Å²) in [6.07, 6.45) is -0.380. The van der Waals surface area contributed by atoms with Gasteiger partial charge in [-0.15, -0.1) is 0 Å². The van der Waals surface area contributed by atoms with E-state index < -0.39 is 17.2 Å². The van der Waals surface area contributed by atoms with E-state index in [0.717, 1.165) is 0 Å². The highest BCUT2D eigenvalue weighted by Gasteiger charge is 2.19. The summed E-state index contributed by atoms with van der Waals surface area (Å²) in [5.41, 5.74) is 0. The topological polar surface area (TPSA) is 72.8 Å². The first-order chi connectivity index (χ1) is 5.57. The van der Waals surface area contributed by atoms with Crippen LogP contribution in [0.3, 0.4) is 0 Å². The predicted octanol–water partition coefficient (Wildman–Crippen LogP) is 0.254. The van der Waals surface area contributed by atoms with Gasteiger partial charge >= 0.3 is 11.9 Å². The van der Waals surface area contributed by atoms with E-state index in [1.165, 1.54) is 0 Å². The highest BCUT2D eigenvalue weighted by molar-refractivity contribution is 7.81. The Morgan fingerprint density at radius 3 is 2.58 bits per heavy atom. The molecule has 1 atom stereocenters. The summed E-state index contributed by atoms with van der Waals surface area (Å²) >= 11 is 3.70. The van der Waals surface area contributed by atoms with Gasteiger partial charge < -0.3 is 5.11 Å². The molecule has 0 fully saturated rings. The molecule has 0 aromatic heterocycles. The van der Waals surface area contributed by atoms with Gasteiger partial charge in [0.05, 0.1) is 13.0 Å². The molecule has 0 aliphatic carbocycles. The molecule has 0 saturated heterocycles. The summed E-state index contributed by atoms with van der Waals surface area (Å²) in [7, 11) is 0. The lowest BCUT2D eigenvalue weighted by molar-refractivity contribution is -0.269. The van der Waals surface area contributed by atoms with Gasteiger partial charge in [0, 0.05) is 0 Å². The Morgan fingerprint density at radius 1 is 1.58 bits per heavy atom. The Kier molecular flexibility index (Phi) is 5.48. The second kappa shape index (κ2) is 5.84. The van der Waals surface area contributed by atoms with Crippen LogP contribution >= 0.6 is 12.6 Å². The number of rotatable bonds is 5. The van der Waals surface area contributed by atoms with Crippen molar-refractivity contribution < 1.29 is 24.5 Å². The van der Waals surface area contributed by atoms with Crippen molar-refractivity contribution in [3.63, 3.8) is 0 Å². The number of carbonyl (C=O) groups excluding carboxylic acids is 1. The van der Waals surface area contributed by atoms with Gasteiger partial charge in [0.1, 0.15) is 5.25 Å². The van der Waals surface area contributed by atoms with E-state index >= 15 is 0 Å². The maximum absolute atomic E-state index is 10.8. The minimum atomic E-state index is -1.11. The van der Waals surface area contributed by atoms with E-state index in [0.29, 0.717) is 0 Å². The molecule has 70 valence electrons. The van der Waals surface area contributed by atoms with Crippen LogP contribution < -0.4 is 0 Å². The SMILES string of the molecule is CCOOC(=O)C(S)CC(=O)O. The minimum Gasteiger partial charge on any atom is -0.481 e. The van der Waals surface area contributed by atoms with Crippen LogP contribution in [0.2, 0.25) is 0 Å². The van der Waals surface area contributed by atoms with Crippen LogP contribution in [0.4, 0.5) is 0 Å². The summed E-state index contributed by atoms with van der Waals surface area (Å²) in [5.74, 6) is -1.90. The molecule has 0 heterocycles. The van der Waals surface area contributed by atoms with E-state index in [2.05, 4.69) is 22.4 Å². The Balaban J connectivity index is 3.69. The molecule has 0 radical (unpaired) electrons. The van der Waals surface area contributed by atoms with Crippen molar-refractivity contribution in [3.05, 3.63) is 0 Å². The minimum absolute atomic E-state index is 0.222. The zero-order valence-electron chi connectivity index (χ0n) is 6.52. The molecule has 0 saturated carbocycles. The van der Waals surface area contributed by atoms with E-state index in [1.807, 2.05) is 0 Å². The van der Waals surface area contributed by atoms with Crippen LogP contribution in [0.15, 0.2) is 0 Å². The average molecular weight is 194 g/mol. The molecular weight excluding hydrogens is 184 g/mol. The van der Waals surface area contributed by atoms with Crippen molar-refractivity contribution in [3.8, 4) is 0 Å². The van der Waals surface area contributed by atoms with Crippen LogP contribution in [-0.4, -0.2) is 28.9 Å². The lowest BCUT2D eigenvalue weighted by Crippen LogP contribution is -2.21. The first-order valence-electron chi connectivity index (χ1n) is 3.31. The van der Waals surface area contributed by atoms with Gasteiger partial charge in [0.15, 0.2) is 0 Å². The molecule has 0 amide bonds. The Morgan fingerprint density at radius 2 is 2.17 bits per heavy atom. The van der Waals surface area contributed by atoms with Gasteiger partial charge in [-0.05, 0) is 6.92 Å². The van der Waals surface area contributed by atoms with Crippen molar-refractivity contribution in [1.82, 2.24) is 0 Å². The predicted molar refractivity (Wildman–Crippen MR) is 42.7 cm³/mol. The van der Waals surface area contributed by atoms with Gasteiger partial charge in [-0.25, -0.2) is 4.79 Å². The second-order valence-electron chi connectivity index (χ2n) is 1.92. The fourth-order valence-electron chi connectivity index (χ4n) is 0.421. The number of carboxylic acids is 1. The van der Waals surface area contributed by atoms with Crippen LogP contribution in [0.1, 0.15) is 13.3 Å². The van der Waals surface area contributed by atoms with Gasteiger partial charge in [-0.3, -0.25) is 9.68 Å². The Bertz CT molecular complexity index is 169. The summed E-state index contributed by atoms with van der Waals surface area (Å²) in [4.78, 5) is 29.3. The molecule has 0 spiro atoms. The summed E-state index contributed by atoms with van der Waals surface area (Å²) in [6.45, 7) is 1.86. The highest BCUT2D eigenvalue weighted by Crippen LogP contribution is 2.03. The largest absolute Gasteiger partial charge is 0.481 e. The summed E-state index contributed by atoms with van der Waals surface area (Å²) < 4.78 is 0. The molecule has 0 rings (SSSR count). The number of thiol groups is 1. The molecule has 0 aliphatic heterocycles. The zero-order chi connectivity index (χ0) is 9.56. The lowest BCUT2D eigenvalue weighted by atomic mass is 10.3. The fraction of sp³-hybridized carbons (Fsp3) is 0.667. The second-order valence-corrected chi connectivity index (χ2v) is 2.55. The Hall–Kier alpha value is -0.750. The first-order valence-corrected chi connectivity index (χ1v) is 3.82. The monoisotopic (exact) mass is 194 g/mol. The number of hydrogen-bond acceptors (Lipinski definition) is 5. The third-order valence-corrected chi connectivity index (χ3v) is 1.29. The smallest absolute Gasteiger partial charge is 0.355 e. The first kappa shape index (κ1) is 11.2. The third kappa shape index (κ3) is 4.97. The molecule has 6 heteroatoms. The highest BCUT2D eigenvalue weighted by atomic mass is 32.1. The van der Waals surface area contributed by atoms with Crippen molar-refractivity contribution in [2.24, 2.45) is 0 Å². The van der Waals surface area contributed by atoms with Crippen molar-refractivity contribution in [2.45, 2.75) is 18.6 Å².